The quantitative estimate of drug-likeness (QED) is 0.805. The van der Waals surface area contributed by atoms with Crippen molar-refractivity contribution in [1.82, 2.24) is 15.3 Å². The lowest BCUT2D eigenvalue weighted by atomic mass is 10.3. The molecule has 0 atom stereocenters. The molecule has 92 valence electrons. The van der Waals surface area contributed by atoms with Crippen molar-refractivity contribution in [3.8, 4) is 0 Å². The molecule has 3 rings (SSSR count). The summed E-state index contributed by atoms with van der Waals surface area (Å²) in [6, 6.07) is 0. The average Bonchev–Trinajstić information content (AvgIpc) is 2.94. The molecule has 5 heteroatoms. The molecule has 0 amide bonds. The van der Waals surface area contributed by atoms with Crippen LogP contribution in [0.15, 0.2) is 12.4 Å². The van der Waals surface area contributed by atoms with Crippen molar-refractivity contribution in [2.24, 2.45) is 0 Å². The Morgan fingerprint density at radius 1 is 0.824 bits per heavy atom. The van der Waals surface area contributed by atoms with Crippen molar-refractivity contribution < 1.29 is 0 Å². The smallest absolute Gasteiger partial charge is 0.147 e. The molecule has 2 saturated heterocycles. The van der Waals surface area contributed by atoms with E-state index in [0.29, 0.717) is 0 Å². The predicted octanol–water partition coefficient (Wildman–Crippen LogP) is 0.486. The summed E-state index contributed by atoms with van der Waals surface area (Å²) in [4.78, 5) is 13.7. The number of piperazine rings is 1. The third kappa shape index (κ3) is 2.34. The van der Waals surface area contributed by atoms with Gasteiger partial charge in [0.05, 0.1) is 12.4 Å². The molecule has 0 saturated carbocycles. The van der Waals surface area contributed by atoms with Crippen molar-refractivity contribution in [3.05, 3.63) is 12.4 Å². The van der Waals surface area contributed by atoms with Gasteiger partial charge in [-0.25, -0.2) is 9.97 Å². The third-order valence-electron chi connectivity index (χ3n) is 3.50. The SMILES string of the molecule is c1nc(N2CCNCC2)cnc1N1CCCC1. The molecule has 3 heterocycles. The van der Waals surface area contributed by atoms with Gasteiger partial charge >= 0.3 is 0 Å². The Labute approximate surface area is 102 Å². The lowest BCUT2D eigenvalue weighted by Crippen LogP contribution is -2.43. The lowest BCUT2D eigenvalue weighted by molar-refractivity contribution is 0.584. The van der Waals surface area contributed by atoms with Crippen LogP contribution in [-0.2, 0) is 0 Å². The van der Waals surface area contributed by atoms with Gasteiger partial charge in [-0.05, 0) is 12.8 Å². The van der Waals surface area contributed by atoms with E-state index in [-0.39, 0.29) is 0 Å². The van der Waals surface area contributed by atoms with Crippen LogP contribution in [0.3, 0.4) is 0 Å². The van der Waals surface area contributed by atoms with Crippen LogP contribution in [0.2, 0.25) is 0 Å². The Kier molecular flexibility index (Phi) is 3.09. The molecule has 1 aromatic heterocycles. The molecule has 2 aliphatic heterocycles. The highest BCUT2D eigenvalue weighted by molar-refractivity contribution is 5.44. The van der Waals surface area contributed by atoms with Gasteiger partial charge in [-0.2, -0.15) is 0 Å². The maximum atomic E-state index is 4.54. The molecule has 17 heavy (non-hydrogen) atoms. The summed E-state index contributed by atoms with van der Waals surface area (Å²) in [5.74, 6) is 2.04. The van der Waals surface area contributed by atoms with E-state index in [2.05, 4.69) is 25.1 Å². The van der Waals surface area contributed by atoms with Gasteiger partial charge in [-0.1, -0.05) is 0 Å². The van der Waals surface area contributed by atoms with Crippen molar-refractivity contribution in [2.75, 3.05) is 49.1 Å². The van der Waals surface area contributed by atoms with Crippen LogP contribution < -0.4 is 15.1 Å². The largest absolute Gasteiger partial charge is 0.355 e. The monoisotopic (exact) mass is 233 g/mol. The fourth-order valence-corrected chi connectivity index (χ4v) is 2.48. The summed E-state index contributed by atoms with van der Waals surface area (Å²) in [5, 5.41) is 3.34. The first-order valence-corrected chi connectivity index (χ1v) is 6.46. The molecule has 0 spiro atoms. The Hall–Kier alpha value is -1.36. The molecular weight excluding hydrogens is 214 g/mol. The van der Waals surface area contributed by atoms with Crippen LogP contribution in [0.25, 0.3) is 0 Å². The van der Waals surface area contributed by atoms with Crippen molar-refractivity contribution in [1.29, 1.82) is 0 Å². The van der Waals surface area contributed by atoms with Gasteiger partial charge in [0.2, 0.25) is 0 Å². The Morgan fingerprint density at radius 2 is 1.35 bits per heavy atom. The lowest BCUT2D eigenvalue weighted by Gasteiger charge is -2.28. The van der Waals surface area contributed by atoms with Gasteiger partial charge in [0, 0.05) is 39.3 Å². The molecule has 2 aliphatic rings. The van der Waals surface area contributed by atoms with Crippen molar-refractivity contribution in [3.63, 3.8) is 0 Å². The van der Waals surface area contributed by atoms with E-state index in [1.54, 1.807) is 0 Å². The third-order valence-corrected chi connectivity index (χ3v) is 3.50. The zero-order chi connectivity index (χ0) is 11.5. The van der Waals surface area contributed by atoms with Gasteiger partial charge in [0.15, 0.2) is 0 Å². The van der Waals surface area contributed by atoms with Gasteiger partial charge in [0.1, 0.15) is 11.6 Å². The number of hydrogen-bond acceptors (Lipinski definition) is 5. The van der Waals surface area contributed by atoms with Gasteiger partial charge in [-0.15, -0.1) is 0 Å². The van der Waals surface area contributed by atoms with Gasteiger partial charge < -0.3 is 15.1 Å². The summed E-state index contributed by atoms with van der Waals surface area (Å²) in [6.07, 6.45) is 6.39. The van der Waals surface area contributed by atoms with Gasteiger partial charge in [-0.3, -0.25) is 0 Å². The summed E-state index contributed by atoms with van der Waals surface area (Å²) in [6.45, 7) is 6.38. The summed E-state index contributed by atoms with van der Waals surface area (Å²) in [7, 11) is 0. The average molecular weight is 233 g/mol. The van der Waals surface area contributed by atoms with E-state index in [4.69, 9.17) is 0 Å². The second kappa shape index (κ2) is 4.87. The van der Waals surface area contributed by atoms with Crippen LogP contribution in [0.5, 0.6) is 0 Å². The molecule has 1 N–H and O–H groups in total. The first kappa shape index (κ1) is 10.8. The number of hydrogen-bond donors (Lipinski definition) is 1. The highest BCUT2D eigenvalue weighted by Crippen LogP contribution is 2.18. The van der Waals surface area contributed by atoms with Crippen LogP contribution in [0.1, 0.15) is 12.8 Å². The molecule has 0 unspecified atom stereocenters. The van der Waals surface area contributed by atoms with Crippen LogP contribution in [0.4, 0.5) is 11.6 Å². The van der Waals surface area contributed by atoms with E-state index in [1.807, 2.05) is 12.4 Å². The van der Waals surface area contributed by atoms with Crippen LogP contribution in [-0.4, -0.2) is 49.2 Å². The highest BCUT2D eigenvalue weighted by Gasteiger charge is 2.15. The van der Waals surface area contributed by atoms with Crippen LogP contribution >= 0.6 is 0 Å². The summed E-state index contributed by atoms with van der Waals surface area (Å²) >= 11 is 0. The topological polar surface area (TPSA) is 44.3 Å². The summed E-state index contributed by atoms with van der Waals surface area (Å²) in [5.41, 5.74) is 0. The number of aromatic nitrogens is 2. The Morgan fingerprint density at radius 3 is 1.88 bits per heavy atom. The van der Waals surface area contributed by atoms with E-state index in [9.17, 15) is 0 Å². The zero-order valence-electron chi connectivity index (χ0n) is 10.1. The molecule has 1 aromatic rings. The van der Waals surface area contributed by atoms with Crippen molar-refractivity contribution >= 4 is 11.6 Å². The molecule has 0 radical (unpaired) electrons. The van der Waals surface area contributed by atoms with E-state index >= 15 is 0 Å². The zero-order valence-corrected chi connectivity index (χ0v) is 10.1. The van der Waals surface area contributed by atoms with Crippen molar-refractivity contribution in [2.45, 2.75) is 12.8 Å². The molecule has 0 bridgehead atoms. The molecule has 2 fully saturated rings. The standard InChI is InChI=1S/C12H19N5/c1-2-6-16(5-1)11-9-15-12(10-14-11)17-7-3-13-4-8-17/h9-10,13H,1-8H2. The maximum Gasteiger partial charge on any atom is 0.147 e. The Bertz CT molecular complexity index is 352. The van der Waals surface area contributed by atoms with Crippen LogP contribution in [0, 0.1) is 0 Å². The summed E-state index contributed by atoms with van der Waals surface area (Å²) < 4.78 is 0. The van der Waals surface area contributed by atoms with Gasteiger partial charge in [0.25, 0.3) is 0 Å². The number of anilines is 2. The fraction of sp³-hybridized carbons (Fsp3) is 0.667. The second-order valence-corrected chi connectivity index (χ2v) is 4.66. The minimum Gasteiger partial charge on any atom is -0.355 e. The number of nitrogens with one attached hydrogen (secondary N) is 1. The molecule has 5 nitrogen and oxygen atoms in total. The predicted molar refractivity (Wildman–Crippen MR) is 68.6 cm³/mol. The Balaban J connectivity index is 1.70. The molecular formula is C12H19N5. The van der Waals surface area contributed by atoms with E-state index in [0.717, 1.165) is 50.9 Å². The minimum atomic E-state index is 1.01. The first-order valence-electron chi connectivity index (χ1n) is 6.46. The molecule has 0 aliphatic carbocycles. The first-order chi connectivity index (χ1) is 8.43. The number of rotatable bonds is 2. The maximum absolute atomic E-state index is 4.54. The minimum absolute atomic E-state index is 1.01. The molecule has 0 aromatic carbocycles. The fourth-order valence-electron chi connectivity index (χ4n) is 2.48. The second-order valence-electron chi connectivity index (χ2n) is 4.66. The number of nitrogens with zero attached hydrogens (tertiary/aromatic N) is 4. The highest BCUT2D eigenvalue weighted by atomic mass is 15.3. The van der Waals surface area contributed by atoms with E-state index in [1.165, 1.54) is 12.8 Å². The van der Waals surface area contributed by atoms with E-state index < -0.39 is 0 Å². The normalized spacial score (nSPS) is 20.9.